The van der Waals surface area contributed by atoms with Gasteiger partial charge in [-0.2, -0.15) is 13.2 Å². The van der Waals surface area contributed by atoms with E-state index >= 15 is 0 Å². The Hall–Kier alpha value is -2.97. The van der Waals surface area contributed by atoms with Gasteiger partial charge in [-0.1, -0.05) is 18.2 Å². The quantitative estimate of drug-likeness (QED) is 0.535. The number of nitrogens with one attached hydrogen (secondary N) is 1. The van der Waals surface area contributed by atoms with Crippen molar-refractivity contribution in [1.29, 1.82) is 0 Å². The minimum absolute atomic E-state index is 0.00321. The minimum Gasteiger partial charge on any atom is -0.483 e. The molecule has 0 aliphatic heterocycles. The number of hydrogen-bond donors (Lipinski definition) is 2. The van der Waals surface area contributed by atoms with Crippen molar-refractivity contribution in [3.8, 4) is 16.9 Å². The van der Waals surface area contributed by atoms with Gasteiger partial charge in [0, 0.05) is 17.2 Å². The summed E-state index contributed by atoms with van der Waals surface area (Å²) < 4.78 is 61.9. The van der Waals surface area contributed by atoms with Crippen LogP contribution >= 0.6 is 0 Å². The first kappa shape index (κ1) is 21.3. The lowest BCUT2D eigenvalue weighted by Gasteiger charge is -2.21. The van der Waals surface area contributed by atoms with Gasteiger partial charge < -0.3 is 15.2 Å². The molecule has 0 heterocycles. The number of alkyl halides is 3. The molecular weight excluding hydrogens is 380 g/mol. The lowest BCUT2D eigenvalue weighted by Crippen LogP contribution is -2.27. The van der Waals surface area contributed by atoms with E-state index in [9.17, 15) is 22.4 Å². The maximum Gasteiger partial charge on any atom is 0.422 e. The molecule has 152 valence electrons. The highest BCUT2D eigenvalue weighted by molar-refractivity contribution is 5.92. The van der Waals surface area contributed by atoms with E-state index in [-0.39, 0.29) is 28.3 Å². The van der Waals surface area contributed by atoms with Gasteiger partial charge in [0.1, 0.15) is 17.2 Å². The lowest BCUT2D eigenvalue weighted by molar-refractivity contribution is -0.153. The fourth-order valence-electron chi connectivity index (χ4n) is 2.29. The molecule has 0 unspecified atom stereocenters. The van der Waals surface area contributed by atoms with Gasteiger partial charge in [0.15, 0.2) is 6.61 Å². The highest BCUT2D eigenvalue weighted by Crippen LogP contribution is 2.38. The molecule has 2 aromatic carbocycles. The minimum atomic E-state index is -4.60. The second-order valence-electron chi connectivity index (χ2n) is 6.95. The standard InChI is InChI=1S/C19H20F4N2O3/c1-18(2,3)28-17(26)25-15-9-16(27-10-19(21,22)23)12(8-14(15)24)11-6-4-5-7-13(11)20/h4-9H,10,24H2,1-3H3,(H,25,26). The van der Waals surface area contributed by atoms with E-state index in [4.69, 9.17) is 15.2 Å². The molecule has 5 nitrogen and oxygen atoms in total. The monoisotopic (exact) mass is 400 g/mol. The highest BCUT2D eigenvalue weighted by atomic mass is 19.4. The SMILES string of the molecule is CC(C)(C)OC(=O)Nc1cc(OCC(F)(F)F)c(-c2ccccc2F)cc1N. The summed E-state index contributed by atoms with van der Waals surface area (Å²) in [7, 11) is 0. The zero-order valence-corrected chi connectivity index (χ0v) is 15.5. The second-order valence-corrected chi connectivity index (χ2v) is 6.95. The summed E-state index contributed by atoms with van der Waals surface area (Å²) in [5, 5.41) is 2.36. The van der Waals surface area contributed by atoms with Crippen LogP contribution in [0.2, 0.25) is 0 Å². The largest absolute Gasteiger partial charge is 0.483 e. The summed E-state index contributed by atoms with van der Waals surface area (Å²) >= 11 is 0. The van der Waals surface area contributed by atoms with E-state index in [1.54, 1.807) is 20.8 Å². The van der Waals surface area contributed by atoms with Gasteiger partial charge in [-0.15, -0.1) is 0 Å². The average molecular weight is 400 g/mol. The van der Waals surface area contributed by atoms with Crippen LogP contribution in [0.3, 0.4) is 0 Å². The number of amides is 1. The predicted octanol–water partition coefficient (Wildman–Crippen LogP) is 5.36. The number of carbonyl (C=O) groups excluding carboxylic acids is 1. The van der Waals surface area contributed by atoms with E-state index in [1.807, 2.05) is 0 Å². The fraction of sp³-hybridized carbons (Fsp3) is 0.316. The van der Waals surface area contributed by atoms with Gasteiger partial charge in [0.05, 0.1) is 11.4 Å². The van der Waals surface area contributed by atoms with Crippen LogP contribution in [0, 0.1) is 5.82 Å². The van der Waals surface area contributed by atoms with E-state index in [0.29, 0.717) is 0 Å². The van der Waals surface area contributed by atoms with Crippen LogP contribution in [-0.4, -0.2) is 24.5 Å². The molecule has 9 heteroatoms. The highest BCUT2D eigenvalue weighted by Gasteiger charge is 2.29. The Bertz CT molecular complexity index is 861. The normalized spacial score (nSPS) is 11.8. The molecule has 0 aromatic heterocycles. The third-order valence-corrected chi connectivity index (χ3v) is 3.34. The zero-order valence-electron chi connectivity index (χ0n) is 15.5. The van der Waals surface area contributed by atoms with Crippen LogP contribution in [0.25, 0.3) is 11.1 Å². The van der Waals surface area contributed by atoms with Gasteiger partial charge in [-0.3, -0.25) is 5.32 Å². The molecule has 2 rings (SSSR count). The number of rotatable bonds is 4. The molecule has 0 saturated carbocycles. The Morgan fingerprint density at radius 2 is 1.75 bits per heavy atom. The molecule has 0 aliphatic carbocycles. The number of halogens is 4. The van der Waals surface area contributed by atoms with Crippen LogP contribution in [0.1, 0.15) is 20.8 Å². The molecule has 0 radical (unpaired) electrons. The van der Waals surface area contributed by atoms with E-state index < -0.39 is 30.3 Å². The molecule has 28 heavy (non-hydrogen) atoms. The van der Waals surface area contributed by atoms with Crippen molar-refractivity contribution >= 4 is 17.5 Å². The van der Waals surface area contributed by atoms with E-state index in [1.165, 1.54) is 24.3 Å². The third kappa shape index (κ3) is 6.04. The van der Waals surface area contributed by atoms with Crippen molar-refractivity contribution in [1.82, 2.24) is 0 Å². The second kappa shape index (κ2) is 7.95. The molecule has 0 spiro atoms. The fourth-order valence-corrected chi connectivity index (χ4v) is 2.29. The Balaban J connectivity index is 2.44. The summed E-state index contributed by atoms with van der Waals surface area (Å²) in [6, 6.07) is 7.84. The molecule has 2 aromatic rings. The Kier molecular flexibility index (Phi) is 6.06. The van der Waals surface area contributed by atoms with Crippen molar-refractivity contribution < 1.29 is 31.8 Å². The van der Waals surface area contributed by atoms with Gasteiger partial charge in [0.25, 0.3) is 0 Å². The van der Waals surface area contributed by atoms with Crippen molar-refractivity contribution in [3.63, 3.8) is 0 Å². The molecule has 3 N–H and O–H groups in total. The Labute approximate surface area is 159 Å². The van der Waals surface area contributed by atoms with Gasteiger partial charge in [-0.05, 0) is 32.9 Å². The Morgan fingerprint density at radius 3 is 2.32 bits per heavy atom. The predicted molar refractivity (Wildman–Crippen MR) is 97.7 cm³/mol. The molecule has 0 aliphatic rings. The Morgan fingerprint density at radius 1 is 1.11 bits per heavy atom. The summed E-state index contributed by atoms with van der Waals surface area (Å²) in [6.45, 7) is 3.35. The number of nitrogen functional groups attached to an aromatic ring is 1. The first-order valence-corrected chi connectivity index (χ1v) is 8.24. The first-order chi connectivity index (χ1) is 12.9. The van der Waals surface area contributed by atoms with Crippen molar-refractivity contribution in [3.05, 3.63) is 42.2 Å². The summed E-state index contributed by atoms with van der Waals surface area (Å²) in [5.41, 5.74) is 5.12. The average Bonchev–Trinajstić information content (AvgIpc) is 2.53. The maximum atomic E-state index is 14.1. The number of ether oxygens (including phenoxy) is 2. The zero-order chi connectivity index (χ0) is 21.1. The number of anilines is 2. The molecular formula is C19H20F4N2O3. The van der Waals surface area contributed by atoms with Crippen LogP contribution < -0.4 is 15.8 Å². The summed E-state index contributed by atoms with van der Waals surface area (Å²) in [4.78, 5) is 11.9. The summed E-state index contributed by atoms with van der Waals surface area (Å²) in [5.74, 6) is -0.950. The van der Waals surface area contributed by atoms with Crippen molar-refractivity contribution in [2.75, 3.05) is 17.7 Å². The topological polar surface area (TPSA) is 73.6 Å². The van der Waals surface area contributed by atoms with Crippen molar-refractivity contribution in [2.24, 2.45) is 0 Å². The lowest BCUT2D eigenvalue weighted by atomic mass is 10.0. The number of hydrogen-bond acceptors (Lipinski definition) is 4. The van der Waals surface area contributed by atoms with Crippen LogP contribution in [0.5, 0.6) is 5.75 Å². The first-order valence-electron chi connectivity index (χ1n) is 8.24. The van der Waals surface area contributed by atoms with Crippen LogP contribution in [-0.2, 0) is 4.74 Å². The molecule has 0 fully saturated rings. The van der Waals surface area contributed by atoms with E-state index in [0.717, 1.165) is 12.1 Å². The maximum absolute atomic E-state index is 14.1. The van der Waals surface area contributed by atoms with Crippen molar-refractivity contribution in [2.45, 2.75) is 32.5 Å². The van der Waals surface area contributed by atoms with Gasteiger partial charge in [-0.25, -0.2) is 9.18 Å². The number of carbonyl (C=O) groups is 1. The van der Waals surface area contributed by atoms with E-state index in [2.05, 4.69) is 5.32 Å². The molecule has 0 bridgehead atoms. The van der Waals surface area contributed by atoms with Crippen LogP contribution in [0.4, 0.5) is 33.7 Å². The van der Waals surface area contributed by atoms with Crippen LogP contribution in [0.15, 0.2) is 36.4 Å². The molecule has 1 amide bonds. The summed E-state index contributed by atoms with van der Waals surface area (Å²) in [6.07, 6.45) is -5.45. The smallest absolute Gasteiger partial charge is 0.422 e. The van der Waals surface area contributed by atoms with Gasteiger partial charge in [0.2, 0.25) is 0 Å². The number of nitrogens with two attached hydrogens (primary N) is 1. The molecule has 0 atom stereocenters. The number of benzene rings is 2. The molecule has 0 saturated heterocycles. The third-order valence-electron chi connectivity index (χ3n) is 3.34. The van der Waals surface area contributed by atoms with Gasteiger partial charge >= 0.3 is 12.3 Å².